The lowest BCUT2D eigenvalue weighted by molar-refractivity contribution is 0.0722. The molecule has 7 nitrogen and oxygen atoms in total. The third kappa shape index (κ3) is 2.19. The first kappa shape index (κ1) is 13.9. The minimum atomic E-state index is -0.0684. The second-order valence-electron chi connectivity index (χ2n) is 5.91. The number of fused-ring (bicyclic) bond motifs is 1. The van der Waals surface area contributed by atoms with Crippen LogP contribution in [0, 0.1) is 13.8 Å². The fourth-order valence-electron chi connectivity index (χ4n) is 3.29. The molecule has 1 atom stereocenters. The molecular weight excluding hydrogens is 292 g/mol. The average Bonchev–Trinajstić information content (AvgIpc) is 3.23. The molecule has 0 saturated carbocycles. The topological polar surface area (TPSA) is 79.2 Å². The van der Waals surface area contributed by atoms with Crippen LogP contribution in [-0.4, -0.2) is 41.9 Å². The molecule has 1 aliphatic heterocycles. The number of nitrogens with one attached hydrogen (secondary N) is 1. The molecule has 4 heterocycles. The smallest absolute Gasteiger partial charge is 0.273 e. The molecular formula is C16H18N6O. The third-order valence-corrected chi connectivity index (χ3v) is 4.33. The van der Waals surface area contributed by atoms with E-state index in [9.17, 15) is 4.79 Å². The van der Waals surface area contributed by atoms with Crippen LogP contribution in [0.15, 0.2) is 24.4 Å². The molecule has 0 bridgehead atoms. The van der Waals surface area contributed by atoms with Gasteiger partial charge in [-0.05, 0) is 38.8 Å². The summed E-state index contributed by atoms with van der Waals surface area (Å²) >= 11 is 0. The van der Waals surface area contributed by atoms with Crippen LogP contribution >= 0.6 is 0 Å². The summed E-state index contributed by atoms with van der Waals surface area (Å²) < 4.78 is 1.86. The first-order chi connectivity index (χ1) is 11.1. The number of hydrogen-bond acceptors (Lipinski definition) is 4. The number of imidazole rings is 1. The largest absolute Gasteiger partial charge is 0.327 e. The van der Waals surface area contributed by atoms with Gasteiger partial charge in [0.15, 0.2) is 5.82 Å². The van der Waals surface area contributed by atoms with E-state index in [-0.39, 0.29) is 11.9 Å². The standard InChI is InChI=1S/C16H18N6O/c1-10-14(22-8-4-3-7-13(22)17-10)16(23)21-9-5-6-12(21)15-18-11(2)19-20-15/h3-4,7-8,12H,5-6,9H2,1-2H3,(H,18,19,20)/t12-/m0/s1. The lowest BCUT2D eigenvalue weighted by Gasteiger charge is -2.22. The van der Waals surface area contributed by atoms with Crippen molar-refractivity contribution in [2.45, 2.75) is 32.7 Å². The van der Waals surface area contributed by atoms with Crippen molar-refractivity contribution < 1.29 is 4.79 Å². The van der Waals surface area contributed by atoms with Crippen LogP contribution in [0.3, 0.4) is 0 Å². The molecule has 7 heteroatoms. The lowest BCUT2D eigenvalue weighted by atomic mass is 10.2. The van der Waals surface area contributed by atoms with Crippen molar-refractivity contribution in [1.29, 1.82) is 0 Å². The van der Waals surface area contributed by atoms with E-state index in [2.05, 4.69) is 20.2 Å². The number of pyridine rings is 1. The molecule has 0 radical (unpaired) electrons. The Kier molecular flexibility index (Phi) is 3.14. The van der Waals surface area contributed by atoms with Gasteiger partial charge >= 0.3 is 0 Å². The third-order valence-electron chi connectivity index (χ3n) is 4.33. The number of likely N-dealkylation sites (tertiary alicyclic amines) is 1. The van der Waals surface area contributed by atoms with E-state index in [0.29, 0.717) is 11.5 Å². The fraction of sp³-hybridized carbons (Fsp3) is 0.375. The van der Waals surface area contributed by atoms with Crippen molar-refractivity contribution in [3.63, 3.8) is 0 Å². The number of carbonyl (C=O) groups is 1. The number of aromatic amines is 1. The summed E-state index contributed by atoms with van der Waals surface area (Å²) in [4.78, 5) is 23.9. The molecule has 1 N–H and O–H groups in total. The Morgan fingerprint density at radius 1 is 1.30 bits per heavy atom. The maximum atomic E-state index is 13.1. The Morgan fingerprint density at radius 2 is 2.17 bits per heavy atom. The van der Waals surface area contributed by atoms with Crippen LogP contribution in [0.4, 0.5) is 0 Å². The number of rotatable bonds is 2. The molecule has 0 aliphatic carbocycles. The SMILES string of the molecule is Cc1nc([C@@H]2CCCN2C(=O)c2c(C)nc3ccccn23)n[nH]1. The first-order valence-electron chi connectivity index (χ1n) is 7.78. The Balaban J connectivity index is 1.74. The van der Waals surface area contributed by atoms with Crippen molar-refractivity contribution in [2.24, 2.45) is 0 Å². The summed E-state index contributed by atoms with van der Waals surface area (Å²) in [5, 5.41) is 7.11. The molecule has 118 valence electrons. The Hall–Kier alpha value is -2.70. The zero-order chi connectivity index (χ0) is 16.0. The van der Waals surface area contributed by atoms with Crippen LogP contribution in [-0.2, 0) is 0 Å². The van der Waals surface area contributed by atoms with Crippen molar-refractivity contribution in [3.05, 3.63) is 47.4 Å². The Morgan fingerprint density at radius 3 is 2.96 bits per heavy atom. The zero-order valence-electron chi connectivity index (χ0n) is 13.2. The van der Waals surface area contributed by atoms with Crippen LogP contribution < -0.4 is 0 Å². The minimum Gasteiger partial charge on any atom is -0.327 e. The number of amides is 1. The number of hydrogen-bond donors (Lipinski definition) is 1. The summed E-state index contributed by atoms with van der Waals surface area (Å²) in [6, 6.07) is 5.67. The van der Waals surface area contributed by atoms with Crippen molar-refractivity contribution in [2.75, 3.05) is 6.54 Å². The molecule has 0 aromatic carbocycles. The van der Waals surface area contributed by atoms with Crippen LogP contribution in [0.2, 0.25) is 0 Å². The average molecular weight is 310 g/mol. The van der Waals surface area contributed by atoms with E-state index in [0.717, 1.165) is 36.6 Å². The Labute approximate surface area is 133 Å². The lowest BCUT2D eigenvalue weighted by Crippen LogP contribution is -2.32. The van der Waals surface area contributed by atoms with Gasteiger partial charge in [-0.25, -0.2) is 9.97 Å². The molecule has 3 aromatic rings. The van der Waals surface area contributed by atoms with E-state index in [1.165, 1.54) is 0 Å². The summed E-state index contributed by atoms with van der Waals surface area (Å²) in [7, 11) is 0. The summed E-state index contributed by atoms with van der Waals surface area (Å²) in [6.07, 6.45) is 3.73. The van der Waals surface area contributed by atoms with Gasteiger partial charge in [-0.15, -0.1) is 0 Å². The minimum absolute atomic E-state index is 0.00819. The van der Waals surface area contributed by atoms with Gasteiger partial charge in [-0.2, -0.15) is 5.10 Å². The Bertz CT molecular complexity index is 880. The summed E-state index contributed by atoms with van der Waals surface area (Å²) in [5.74, 6) is 1.45. The van der Waals surface area contributed by atoms with Gasteiger partial charge in [0.2, 0.25) is 0 Å². The molecule has 1 aliphatic rings. The number of aromatic nitrogens is 5. The van der Waals surface area contributed by atoms with Crippen LogP contribution in [0.25, 0.3) is 5.65 Å². The van der Waals surface area contributed by atoms with Gasteiger partial charge in [0.05, 0.1) is 11.7 Å². The van der Waals surface area contributed by atoms with E-state index in [1.54, 1.807) is 0 Å². The van der Waals surface area contributed by atoms with Gasteiger partial charge in [0.1, 0.15) is 17.2 Å². The molecule has 1 saturated heterocycles. The second kappa shape index (κ2) is 5.19. The van der Waals surface area contributed by atoms with E-state index < -0.39 is 0 Å². The summed E-state index contributed by atoms with van der Waals surface area (Å²) in [6.45, 7) is 4.46. The number of aryl methyl sites for hydroxylation is 2. The zero-order valence-corrected chi connectivity index (χ0v) is 13.2. The molecule has 23 heavy (non-hydrogen) atoms. The highest BCUT2D eigenvalue weighted by molar-refractivity contribution is 5.95. The van der Waals surface area contributed by atoms with E-state index >= 15 is 0 Å². The molecule has 1 fully saturated rings. The maximum Gasteiger partial charge on any atom is 0.273 e. The normalized spacial score (nSPS) is 18.0. The van der Waals surface area contributed by atoms with Gasteiger partial charge in [-0.1, -0.05) is 6.07 Å². The molecule has 0 unspecified atom stereocenters. The number of H-pyrrole nitrogens is 1. The van der Waals surface area contributed by atoms with Gasteiger partial charge < -0.3 is 4.90 Å². The summed E-state index contributed by atoms with van der Waals surface area (Å²) in [5.41, 5.74) is 2.16. The monoisotopic (exact) mass is 310 g/mol. The fourth-order valence-corrected chi connectivity index (χ4v) is 3.29. The van der Waals surface area contributed by atoms with Gasteiger partial charge in [-0.3, -0.25) is 14.3 Å². The predicted octanol–water partition coefficient (Wildman–Crippen LogP) is 2.05. The van der Waals surface area contributed by atoms with Gasteiger partial charge in [0, 0.05) is 12.7 Å². The van der Waals surface area contributed by atoms with Gasteiger partial charge in [0.25, 0.3) is 5.91 Å². The maximum absolute atomic E-state index is 13.1. The molecule has 3 aromatic heterocycles. The predicted molar refractivity (Wildman–Crippen MR) is 84.1 cm³/mol. The quantitative estimate of drug-likeness (QED) is 0.785. The second-order valence-corrected chi connectivity index (χ2v) is 5.91. The van der Waals surface area contributed by atoms with Crippen molar-refractivity contribution in [3.8, 4) is 0 Å². The van der Waals surface area contributed by atoms with E-state index in [1.807, 2.05) is 47.5 Å². The highest BCUT2D eigenvalue weighted by Gasteiger charge is 2.35. The number of nitrogens with zero attached hydrogens (tertiary/aromatic N) is 5. The number of carbonyl (C=O) groups excluding carboxylic acids is 1. The van der Waals surface area contributed by atoms with Crippen LogP contribution in [0.5, 0.6) is 0 Å². The molecule has 1 amide bonds. The van der Waals surface area contributed by atoms with Crippen LogP contribution in [0.1, 0.15) is 46.7 Å². The molecule has 4 rings (SSSR count). The first-order valence-corrected chi connectivity index (χ1v) is 7.78. The highest BCUT2D eigenvalue weighted by Crippen LogP contribution is 2.31. The van der Waals surface area contributed by atoms with Crippen molar-refractivity contribution >= 4 is 11.6 Å². The molecule has 0 spiro atoms. The van der Waals surface area contributed by atoms with E-state index in [4.69, 9.17) is 0 Å². The highest BCUT2D eigenvalue weighted by atomic mass is 16.2. The van der Waals surface area contributed by atoms with Crippen molar-refractivity contribution in [1.82, 2.24) is 29.5 Å².